The lowest BCUT2D eigenvalue weighted by atomic mass is 9.99. The first kappa shape index (κ1) is 11.9. The van der Waals surface area contributed by atoms with Gasteiger partial charge in [0.2, 0.25) is 5.91 Å². The normalized spacial score (nSPS) is 15.3. The van der Waals surface area contributed by atoms with Gasteiger partial charge in [-0.05, 0) is 23.3 Å². The van der Waals surface area contributed by atoms with Crippen LogP contribution >= 0.6 is 11.6 Å². The van der Waals surface area contributed by atoms with Crippen molar-refractivity contribution in [1.29, 1.82) is 0 Å². The largest absolute Gasteiger partial charge is 0.481 e. The predicted octanol–water partition coefficient (Wildman–Crippen LogP) is 1.31. The lowest BCUT2D eigenvalue weighted by Crippen LogP contribution is -2.17. The number of rotatable bonds is 3. The molecule has 0 fully saturated rings. The fourth-order valence-electron chi connectivity index (χ4n) is 1.93. The Morgan fingerprint density at radius 1 is 1.59 bits per heavy atom. The van der Waals surface area contributed by atoms with E-state index in [1.807, 2.05) is 0 Å². The summed E-state index contributed by atoms with van der Waals surface area (Å²) in [5, 5.41) is 11.8. The van der Waals surface area contributed by atoms with Gasteiger partial charge in [0.15, 0.2) is 0 Å². The molecule has 1 aliphatic rings. The molecule has 0 saturated heterocycles. The number of aliphatic carboxylic acids is 1. The van der Waals surface area contributed by atoms with E-state index in [1.54, 1.807) is 12.1 Å². The molecule has 1 aliphatic heterocycles. The highest BCUT2D eigenvalue weighted by Crippen LogP contribution is 2.34. The average Bonchev–Trinajstić information content (AvgIpc) is 2.55. The number of amides is 1. The number of carboxylic acids is 1. The Balaban J connectivity index is 2.41. The van der Waals surface area contributed by atoms with E-state index in [2.05, 4.69) is 5.32 Å². The van der Waals surface area contributed by atoms with Crippen molar-refractivity contribution in [3.8, 4) is 0 Å². The van der Waals surface area contributed by atoms with Gasteiger partial charge in [-0.25, -0.2) is 0 Å². The second kappa shape index (κ2) is 4.35. The van der Waals surface area contributed by atoms with Crippen LogP contribution in [0.5, 0.6) is 0 Å². The molecule has 1 atom stereocenters. The number of nitrogens with two attached hydrogens (primary N) is 1. The highest BCUT2D eigenvalue weighted by molar-refractivity contribution is 6.31. The summed E-state index contributed by atoms with van der Waals surface area (Å²) in [5.41, 5.74) is 7.73. The first-order chi connectivity index (χ1) is 7.97. The molecule has 4 N–H and O–H groups in total. The first-order valence-electron chi connectivity index (χ1n) is 5.07. The van der Waals surface area contributed by atoms with Gasteiger partial charge in [-0.15, -0.1) is 0 Å². The van der Waals surface area contributed by atoms with Crippen LogP contribution in [0.15, 0.2) is 12.1 Å². The zero-order chi connectivity index (χ0) is 12.6. The molecule has 0 aromatic heterocycles. The second-order valence-electron chi connectivity index (χ2n) is 3.96. The zero-order valence-electron chi connectivity index (χ0n) is 8.87. The van der Waals surface area contributed by atoms with Crippen LogP contribution in [0.2, 0.25) is 5.02 Å². The topological polar surface area (TPSA) is 92.4 Å². The number of benzene rings is 1. The number of hydrogen-bond acceptors (Lipinski definition) is 3. The van der Waals surface area contributed by atoms with Gasteiger partial charge in [0.25, 0.3) is 0 Å². The van der Waals surface area contributed by atoms with Gasteiger partial charge in [0, 0.05) is 16.8 Å². The van der Waals surface area contributed by atoms with E-state index >= 15 is 0 Å². The standard InChI is InChI=1S/C11H11ClN2O3/c12-6-1-5-2-9(15)14-11(5)7(3-6)8(13)4-10(16)17/h1,3,8H,2,4,13H2,(H,14,15)(H,16,17). The quantitative estimate of drug-likeness (QED) is 0.758. The van der Waals surface area contributed by atoms with Gasteiger partial charge in [-0.3, -0.25) is 9.59 Å². The van der Waals surface area contributed by atoms with Crippen LogP contribution in [0.3, 0.4) is 0 Å². The maximum atomic E-state index is 11.3. The summed E-state index contributed by atoms with van der Waals surface area (Å²) in [7, 11) is 0. The summed E-state index contributed by atoms with van der Waals surface area (Å²) in [6, 6.07) is 2.60. The number of fused-ring (bicyclic) bond motifs is 1. The molecule has 0 radical (unpaired) electrons. The van der Waals surface area contributed by atoms with Crippen molar-refractivity contribution in [3.05, 3.63) is 28.3 Å². The van der Waals surface area contributed by atoms with Crippen molar-refractivity contribution in [1.82, 2.24) is 0 Å². The minimum atomic E-state index is -0.990. The molecule has 0 saturated carbocycles. The van der Waals surface area contributed by atoms with E-state index in [9.17, 15) is 9.59 Å². The molecule has 1 amide bonds. The number of halogens is 1. The molecule has 1 unspecified atom stereocenters. The minimum Gasteiger partial charge on any atom is -0.481 e. The molecule has 6 heteroatoms. The maximum absolute atomic E-state index is 11.3. The Bertz CT molecular complexity index is 502. The summed E-state index contributed by atoms with van der Waals surface area (Å²) >= 11 is 5.91. The van der Waals surface area contributed by atoms with E-state index in [-0.39, 0.29) is 18.7 Å². The fraction of sp³-hybridized carbons (Fsp3) is 0.273. The molecule has 0 bridgehead atoms. The fourth-order valence-corrected chi connectivity index (χ4v) is 2.17. The van der Waals surface area contributed by atoms with Crippen LogP contribution in [0.1, 0.15) is 23.6 Å². The lowest BCUT2D eigenvalue weighted by Gasteiger charge is -2.14. The number of carbonyl (C=O) groups excluding carboxylic acids is 1. The minimum absolute atomic E-state index is 0.133. The number of hydrogen-bond donors (Lipinski definition) is 3. The number of carbonyl (C=O) groups is 2. The van der Waals surface area contributed by atoms with Gasteiger partial charge in [0.05, 0.1) is 12.8 Å². The van der Waals surface area contributed by atoms with Crippen molar-refractivity contribution in [2.75, 3.05) is 5.32 Å². The lowest BCUT2D eigenvalue weighted by molar-refractivity contribution is -0.137. The van der Waals surface area contributed by atoms with Crippen molar-refractivity contribution in [2.45, 2.75) is 18.9 Å². The monoisotopic (exact) mass is 254 g/mol. The Hall–Kier alpha value is -1.59. The third-order valence-electron chi connectivity index (χ3n) is 2.62. The molecule has 0 spiro atoms. The molecule has 2 rings (SSSR count). The summed E-state index contributed by atoms with van der Waals surface area (Å²) in [4.78, 5) is 21.9. The van der Waals surface area contributed by atoms with Crippen molar-refractivity contribution in [2.24, 2.45) is 5.73 Å². The number of anilines is 1. The van der Waals surface area contributed by atoms with Crippen LogP contribution in [-0.4, -0.2) is 17.0 Å². The Kier molecular flexibility index (Phi) is 3.04. The summed E-state index contributed by atoms with van der Waals surface area (Å²) < 4.78 is 0. The van der Waals surface area contributed by atoms with E-state index in [4.69, 9.17) is 22.4 Å². The van der Waals surface area contributed by atoms with E-state index in [0.29, 0.717) is 16.3 Å². The van der Waals surface area contributed by atoms with E-state index in [0.717, 1.165) is 5.56 Å². The molecule has 90 valence electrons. The van der Waals surface area contributed by atoms with Crippen LogP contribution in [-0.2, 0) is 16.0 Å². The molecule has 1 aromatic rings. The molecular formula is C11H11ClN2O3. The molecule has 17 heavy (non-hydrogen) atoms. The smallest absolute Gasteiger partial charge is 0.305 e. The van der Waals surface area contributed by atoms with Crippen molar-refractivity contribution in [3.63, 3.8) is 0 Å². The van der Waals surface area contributed by atoms with E-state index in [1.165, 1.54) is 0 Å². The Morgan fingerprint density at radius 2 is 2.29 bits per heavy atom. The van der Waals surface area contributed by atoms with E-state index < -0.39 is 12.0 Å². The molecule has 5 nitrogen and oxygen atoms in total. The second-order valence-corrected chi connectivity index (χ2v) is 4.39. The van der Waals surface area contributed by atoms with Gasteiger partial charge < -0.3 is 16.2 Å². The maximum Gasteiger partial charge on any atom is 0.305 e. The number of nitrogens with one attached hydrogen (secondary N) is 1. The molecule has 0 aliphatic carbocycles. The van der Waals surface area contributed by atoms with Crippen molar-refractivity contribution >= 4 is 29.2 Å². The average molecular weight is 255 g/mol. The third kappa shape index (κ3) is 2.40. The third-order valence-corrected chi connectivity index (χ3v) is 2.84. The molecule has 1 aromatic carbocycles. The molecule has 1 heterocycles. The summed E-state index contributed by atoms with van der Waals surface area (Å²) in [6.07, 6.45) is 0.0470. The molecular weight excluding hydrogens is 244 g/mol. The Morgan fingerprint density at radius 3 is 2.94 bits per heavy atom. The Labute approximate surface area is 103 Å². The highest BCUT2D eigenvalue weighted by Gasteiger charge is 2.24. The van der Waals surface area contributed by atoms with Crippen LogP contribution in [0.25, 0.3) is 0 Å². The first-order valence-corrected chi connectivity index (χ1v) is 5.44. The van der Waals surface area contributed by atoms with Crippen LogP contribution in [0.4, 0.5) is 5.69 Å². The summed E-state index contributed by atoms with van der Waals surface area (Å²) in [5.74, 6) is -1.12. The summed E-state index contributed by atoms with van der Waals surface area (Å²) in [6.45, 7) is 0. The van der Waals surface area contributed by atoms with Gasteiger partial charge in [-0.1, -0.05) is 11.6 Å². The van der Waals surface area contributed by atoms with Crippen molar-refractivity contribution < 1.29 is 14.7 Å². The van der Waals surface area contributed by atoms with Gasteiger partial charge >= 0.3 is 5.97 Å². The van der Waals surface area contributed by atoms with Crippen LogP contribution < -0.4 is 11.1 Å². The predicted molar refractivity (Wildman–Crippen MR) is 63.0 cm³/mol. The van der Waals surface area contributed by atoms with Crippen LogP contribution in [0, 0.1) is 0 Å². The number of carboxylic acid groups (broad SMARTS) is 1. The van der Waals surface area contributed by atoms with Gasteiger partial charge in [-0.2, -0.15) is 0 Å². The SMILES string of the molecule is NC(CC(=O)O)c1cc(Cl)cc2c1NC(=O)C2. The zero-order valence-corrected chi connectivity index (χ0v) is 9.62. The highest BCUT2D eigenvalue weighted by atomic mass is 35.5. The van der Waals surface area contributed by atoms with Gasteiger partial charge in [0.1, 0.15) is 0 Å².